The van der Waals surface area contributed by atoms with Gasteiger partial charge in [-0.3, -0.25) is 5.10 Å². The van der Waals surface area contributed by atoms with E-state index in [1.54, 1.807) is 6.92 Å². The minimum absolute atomic E-state index is 0.0248. The number of sulfonamides is 1. The van der Waals surface area contributed by atoms with Gasteiger partial charge in [0.1, 0.15) is 22.2 Å². The molecule has 0 saturated heterocycles. The quantitative estimate of drug-likeness (QED) is 0.850. The zero-order valence-electron chi connectivity index (χ0n) is 11.2. The van der Waals surface area contributed by atoms with E-state index in [9.17, 15) is 8.42 Å². The number of methoxy groups -OCH3 is 2. The van der Waals surface area contributed by atoms with Crippen LogP contribution in [0.15, 0.2) is 23.1 Å². The van der Waals surface area contributed by atoms with Crippen LogP contribution in [0.3, 0.4) is 0 Å². The van der Waals surface area contributed by atoms with Gasteiger partial charge in [-0.1, -0.05) is 0 Å². The van der Waals surface area contributed by atoms with Crippen LogP contribution in [0.25, 0.3) is 0 Å². The average Bonchev–Trinajstić information content (AvgIpc) is 2.82. The lowest BCUT2D eigenvalue weighted by Gasteiger charge is -2.10. The lowest BCUT2D eigenvalue weighted by atomic mass is 10.3. The second-order valence-corrected chi connectivity index (χ2v) is 5.52. The molecular formula is C11H14N4O4S. The summed E-state index contributed by atoms with van der Waals surface area (Å²) in [4.78, 5) is 3.86. The van der Waals surface area contributed by atoms with Gasteiger partial charge in [-0.05, 0) is 19.1 Å². The zero-order chi connectivity index (χ0) is 14.8. The predicted molar refractivity (Wildman–Crippen MR) is 71.5 cm³/mol. The number of nitrogens with one attached hydrogen (secondary N) is 2. The Hall–Kier alpha value is -2.29. The Labute approximate surface area is 116 Å². The molecule has 1 aromatic carbocycles. The Morgan fingerprint density at radius 1 is 1.25 bits per heavy atom. The first-order chi connectivity index (χ1) is 9.46. The van der Waals surface area contributed by atoms with Gasteiger partial charge in [0.25, 0.3) is 16.0 Å². The normalized spacial score (nSPS) is 11.2. The van der Waals surface area contributed by atoms with Gasteiger partial charge in [0.15, 0.2) is 0 Å². The van der Waals surface area contributed by atoms with Crippen molar-refractivity contribution in [3.05, 3.63) is 24.0 Å². The summed E-state index contributed by atoms with van der Waals surface area (Å²) in [6.07, 6.45) is 0. The Morgan fingerprint density at radius 3 is 2.55 bits per heavy atom. The molecule has 2 N–H and O–H groups in total. The summed E-state index contributed by atoms with van der Waals surface area (Å²) in [7, 11) is -0.980. The summed E-state index contributed by atoms with van der Waals surface area (Å²) < 4.78 is 36.9. The highest BCUT2D eigenvalue weighted by Crippen LogP contribution is 2.29. The molecule has 8 nitrogen and oxygen atoms in total. The van der Waals surface area contributed by atoms with Gasteiger partial charge in [0.2, 0.25) is 0 Å². The molecule has 0 amide bonds. The van der Waals surface area contributed by atoms with Crippen molar-refractivity contribution in [3.63, 3.8) is 0 Å². The van der Waals surface area contributed by atoms with Gasteiger partial charge < -0.3 is 9.47 Å². The average molecular weight is 298 g/mol. The second kappa shape index (κ2) is 5.37. The monoisotopic (exact) mass is 298 g/mol. The highest BCUT2D eigenvalue weighted by molar-refractivity contribution is 7.92. The number of anilines is 1. The summed E-state index contributed by atoms with van der Waals surface area (Å²) in [5.74, 6) is 1.14. The van der Waals surface area contributed by atoms with Gasteiger partial charge in [0, 0.05) is 6.07 Å². The standard InChI is InChI=1S/C11H14N4O4S/c1-7-12-11(14-13-7)15-20(16,17)10-5-4-8(18-2)6-9(10)19-3/h4-6H,1-3H3,(H2,12,13,14,15). The lowest BCUT2D eigenvalue weighted by molar-refractivity contribution is 0.386. The van der Waals surface area contributed by atoms with Crippen LogP contribution in [-0.2, 0) is 10.0 Å². The molecule has 1 aromatic heterocycles. The van der Waals surface area contributed by atoms with E-state index in [0.29, 0.717) is 11.6 Å². The molecule has 0 aliphatic rings. The molecule has 0 saturated carbocycles. The third-order valence-corrected chi connectivity index (χ3v) is 3.85. The highest BCUT2D eigenvalue weighted by atomic mass is 32.2. The molecule has 0 fully saturated rings. The van der Waals surface area contributed by atoms with E-state index in [1.165, 1.54) is 32.4 Å². The van der Waals surface area contributed by atoms with Crippen molar-refractivity contribution < 1.29 is 17.9 Å². The Morgan fingerprint density at radius 2 is 2.00 bits per heavy atom. The molecule has 0 aliphatic heterocycles. The van der Waals surface area contributed by atoms with Crippen molar-refractivity contribution in [1.29, 1.82) is 0 Å². The molecule has 2 aromatic rings. The number of rotatable bonds is 5. The Bertz CT molecular complexity index is 711. The summed E-state index contributed by atoms with van der Waals surface area (Å²) in [6.45, 7) is 1.67. The first kappa shape index (κ1) is 14.1. The van der Waals surface area contributed by atoms with Gasteiger partial charge in [0.05, 0.1) is 14.2 Å². The summed E-state index contributed by atoms with van der Waals surface area (Å²) in [6, 6.07) is 4.40. The molecule has 0 aliphatic carbocycles. The molecule has 2 rings (SSSR count). The topological polar surface area (TPSA) is 106 Å². The SMILES string of the molecule is COc1ccc(S(=O)(=O)Nc2n[nH]c(C)n2)c(OC)c1. The van der Waals surface area contributed by atoms with Crippen LogP contribution < -0.4 is 14.2 Å². The fourth-order valence-electron chi connectivity index (χ4n) is 1.56. The first-order valence-electron chi connectivity index (χ1n) is 5.60. The van der Waals surface area contributed by atoms with Crippen molar-refractivity contribution in [3.8, 4) is 11.5 Å². The van der Waals surface area contributed by atoms with E-state index in [-0.39, 0.29) is 16.6 Å². The van der Waals surface area contributed by atoms with Crippen LogP contribution in [0.2, 0.25) is 0 Å². The minimum Gasteiger partial charge on any atom is -0.497 e. The Balaban J connectivity index is 2.38. The zero-order valence-corrected chi connectivity index (χ0v) is 12.0. The van der Waals surface area contributed by atoms with Crippen molar-refractivity contribution in [1.82, 2.24) is 15.2 Å². The number of aryl methyl sites for hydroxylation is 1. The molecule has 1 heterocycles. The largest absolute Gasteiger partial charge is 0.497 e. The smallest absolute Gasteiger partial charge is 0.267 e. The molecule has 0 bridgehead atoms. The number of hydrogen-bond donors (Lipinski definition) is 2. The van der Waals surface area contributed by atoms with Crippen LogP contribution in [0.4, 0.5) is 5.95 Å². The van der Waals surface area contributed by atoms with E-state index in [2.05, 4.69) is 19.9 Å². The summed E-state index contributed by atoms with van der Waals surface area (Å²) in [5, 5.41) is 6.27. The third-order valence-electron chi connectivity index (χ3n) is 2.48. The maximum absolute atomic E-state index is 12.3. The van der Waals surface area contributed by atoms with Crippen LogP contribution in [0, 0.1) is 6.92 Å². The number of aromatic amines is 1. The maximum Gasteiger partial charge on any atom is 0.267 e. The number of H-pyrrole nitrogens is 1. The second-order valence-electron chi connectivity index (χ2n) is 3.87. The van der Waals surface area contributed by atoms with Crippen molar-refractivity contribution in [2.75, 3.05) is 18.9 Å². The highest BCUT2D eigenvalue weighted by Gasteiger charge is 2.21. The van der Waals surface area contributed by atoms with E-state index in [1.807, 2.05) is 0 Å². The maximum atomic E-state index is 12.3. The summed E-state index contributed by atoms with van der Waals surface area (Å²) >= 11 is 0. The molecule has 0 unspecified atom stereocenters. The van der Waals surface area contributed by atoms with Crippen molar-refractivity contribution in [2.45, 2.75) is 11.8 Å². The number of hydrogen-bond acceptors (Lipinski definition) is 6. The molecule has 20 heavy (non-hydrogen) atoms. The number of nitrogens with zero attached hydrogens (tertiary/aromatic N) is 2. The van der Waals surface area contributed by atoms with Crippen molar-refractivity contribution in [2.24, 2.45) is 0 Å². The van der Waals surface area contributed by atoms with Gasteiger partial charge in [-0.2, -0.15) is 4.98 Å². The summed E-state index contributed by atoms with van der Waals surface area (Å²) in [5.41, 5.74) is 0. The molecule has 0 atom stereocenters. The Kier molecular flexibility index (Phi) is 3.79. The third kappa shape index (κ3) is 2.82. The first-order valence-corrected chi connectivity index (χ1v) is 7.08. The molecule has 9 heteroatoms. The van der Waals surface area contributed by atoms with Crippen LogP contribution >= 0.6 is 0 Å². The number of benzene rings is 1. The van der Waals surface area contributed by atoms with E-state index >= 15 is 0 Å². The van der Waals surface area contributed by atoms with E-state index in [4.69, 9.17) is 9.47 Å². The fraction of sp³-hybridized carbons (Fsp3) is 0.273. The fourth-order valence-corrected chi connectivity index (χ4v) is 2.66. The van der Waals surface area contributed by atoms with Crippen LogP contribution in [0.1, 0.15) is 5.82 Å². The molecule has 108 valence electrons. The predicted octanol–water partition coefficient (Wildman–Crippen LogP) is 0.931. The minimum atomic E-state index is -3.84. The van der Waals surface area contributed by atoms with E-state index < -0.39 is 10.0 Å². The van der Waals surface area contributed by atoms with Crippen molar-refractivity contribution >= 4 is 16.0 Å². The van der Waals surface area contributed by atoms with Gasteiger partial charge in [-0.15, -0.1) is 5.10 Å². The lowest BCUT2D eigenvalue weighted by Crippen LogP contribution is -2.15. The molecule has 0 spiro atoms. The van der Waals surface area contributed by atoms with Gasteiger partial charge >= 0.3 is 0 Å². The number of ether oxygens (including phenoxy) is 2. The van der Waals surface area contributed by atoms with Crippen LogP contribution in [0.5, 0.6) is 11.5 Å². The molecular weight excluding hydrogens is 284 g/mol. The molecule has 0 radical (unpaired) electrons. The van der Waals surface area contributed by atoms with E-state index in [0.717, 1.165) is 0 Å². The van der Waals surface area contributed by atoms with Gasteiger partial charge in [-0.25, -0.2) is 13.1 Å². The number of aromatic nitrogens is 3. The van der Waals surface area contributed by atoms with Crippen LogP contribution in [-0.4, -0.2) is 37.8 Å².